The number of nitrogens with two attached hydrogens (primary N) is 1. The lowest BCUT2D eigenvalue weighted by molar-refractivity contribution is -0.274. The summed E-state index contributed by atoms with van der Waals surface area (Å²) in [4.78, 5) is 21.5. The molecule has 0 atom stereocenters. The number of pyridine rings is 2. The zero-order valence-electron chi connectivity index (χ0n) is 18.1. The number of nitrogen functional groups attached to an aromatic ring is 1. The monoisotopic (exact) mass is 472 g/mol. The number of hydrogen-bond donors (Lipinski definition) is 2. The Hall–Kier alpha value is -4.35. The third-order valence-corrected chi connectivity index (χ3v) is 4.92. The lowest BCUT2D eigenvalue weighted by Crippen LogP contribution is -2.25. The number of amides is 1. The maximum atomic E-state index is 13.0. The van der Waals surface area contributed by atoms with Gasteiger partial charge in [0.1, 0.15) is 11.3 Å². The van der Waals surface area contributed by atoms with Gasteiger partial charge < -0.3 is 20.5 Å². The van der Waals surface area contributed by atoms with Gasteiger partial charge in [0, 0.05) is 29.6 Å². The molecule has 34 heavy (non-hydrogen) atoms. The zero-order valence-corrected chi connectivity index (χ0v) is 18.1. The predicted octanol–water partition coefficient (Wildman–Crippen LogP) is 3.52. The van der Waals surface area contributed by atoms with E-state index in [4.69, 9.17) is 10.5 Å². The molecule has 0 radical (unpaired) electrons. The molecular formula is C22H19F3N6O3. The molecule has 3 N–H and O–H groups in total. The molecule has 3 aromatic heterocycles. The van der Waals surface area contributed by atoms with Gasteiger partial charge >= 0.3 is 6.36 Å². The number of carbonyl (C=O) groups excluding carboxylic acids is 1. The third kappa shape index (κ3) is 4.85. The van der Waals surface area contributed by atoms with Crippen LogP contribution in [0, 0.1) is 6.92 Å². The standard InChI is InChI=1S/C22H19F3N6O3/c1-12-15(13-7-8-31-18(9-13)29-21(26)30-31)10-16(20(28-12)33-2)19(32)27-11-14-5-3-4-6-17(14)34-22(23,24)25/h3-10H,11H2,1-2H3,(H2,26,30)(H,27,32). The van der Waals surface area contributed by atoms with Gasteiger partial charge in [-0.2, -0.15) is 4.98 Å². The van der Waals surface area contributed by atoms with Crippen LogP contribution in [0.25, 0.3) is 16.8 Å². The molecule has 0 saturated heterocycles. The van der Waals surface area contributed by atoms with Crippen LogP contribution in [0.5, 0.6) is 11.6 Å². The molecule has 0 spiro atoms. The Morgan fingerprint density at radius 2 is 1.94 bits per heavy atom. The minimum atomic E-state index is -4.85. The van der Waals surface area contributed by atoms with E-state index in [0.717, 1.165) is 0 Å². The number of nitrogens with zero attached hydrogens (tertiary/aromatic N) is 4. The van der Waals surface area contributed by atoms with Crippen molar-refractivity contribution in [1.82, 2.24) is 24.9 Å². The molecule has 0 aliphatic rings. The highest BCUT2D eigenvalue weighted by Gasteiger charge is 2.32. The van der Waals surface area contributed by atoms with Crippen LogP contribution in [0.3, 0.4) is 0 Å². The Morgan fingerprint density at radius 3 is 2.68 bits per heavy atom. The molecule has 176 valence electrons. The smallest absolute Gasteiger partial charge is 0.480 e. The van der Waals surface area contributed by atoms with Crippen LogP contribution in [0.2, 0.25) is 0 Å². The molecular weight excluding hydrogens is 453 g/mol. The van der Waals surface area contributed by atoms with Crippen molar-refractivity contribution in [3.05, 3.63) is 65.5 Å². The molecule has 4 aromatic rings. The fourth-order valence-electron chi connectivity index (χ4n) is 3.40. The summed E-state index contributed by atoms with van der Waals surface area (Å²) in [6.45, 7) is 1.55. The number of aromatic nitrogens is 4. The van der Waals surface area contributed by atoms with Crippen molar-refractivity contribution < 1.29 is 27.4 Å². The summed E-state index contributed by atoms with van der Waals surface area (Å²) >= 11 is 0. The molecule has 9 nitrogen and oxygen atoms in total. The predicted molar refractivity (Wildman–Crippen MR) is 116 cm³/mol. The van der Waals surface area contributed by atoms with Gasteiger partial charge in [0.05, 0.1) is 7.11 Å². The van der Waals surface area contributed by atoms with E-state index >= 15 is 0 Å². The number of alkyl halides is 3. The lowest BCUT2D eigenvalue weighted by atomic mass is 10.0. The van der Waals surface area contributed by atoms with Crippen molar-refractivity contribution in [2.24, 2.45) is 0 Å². The summed E-state index contributed by atoms with van der Waals surface area (Å²) in [6, 6.07) is 10.7. The van der Waals surface area contributed by atoms with Crippen molar-refractivity contribution in [3.8, 4) is 22.8 Å². The van der Waals surface area contributed by atoms with Crippen molar-refractivity contribution >= 4 is 17.5 Å². The fourth-order valence-corrected chi connectivity index (χ4v) is 3.40. The first-order valence-electron chi connectivity index (χ1n) is 9.94. The molecule has 1 aromatic carbocycles. The average molecular weight is 472 g/mol. The number of methoxy groups -OCH3 is 1. The maximum absolute atomic E-state index is 13.0. The number of para-hydroxylation sites is 1. The molecule has 3 heterocycles. The Morgan fingerprint density at radius 1 is 1.18 bits per heavy atom. The number of rotatable bonds is 6. The van der Waals surface area contributed by atoms with Crippen LogP contribution in [0.4, 0.5) is 19.1 Å². The van der Waals surface area contributed by atoms with E-state index in [9.17, 15) is 18.0 Å². The third-order valence-electron chi connectivity index (χ3n) is 4.92. The first-order chi connectivity index (χ1) is 16.1. The number of ether oxygens (including phenoxy) is 2. The van der Waals surface area contributed by atoms with Crippen LogP contribution >= 0.6 is 0 Å². The Labute approximate surface area is 191 Å². The lowest BCUT2D eigenvalue weighted by Gasteiger charge is -2.15. The first-order valence-corrected chi connectivity index (χ1v) is 9.94. The van der Waals surface area contributed by atoms with Crippen molar-refractivity contribution in [2.45, 2.75) is 19.8 Å². The van der Waals surface area contributed by atoms with E-state index in [-0.39, 0.29) is 29.5 Å². The van der Waals surface area contributed by atoms with Gasteiger partial charge in [0.25, 0.3) is 5.91 Å². The molecule has 12 heteroatoms. The van der Waals surface area contributed by atoms with Crippen LogP contribution < -0.4 is 20.5 Å². The topological polar surface area (TPSA) is 117 Å². The van der Waals surface area contributed by atoms with Crippen LogP contribution in [0.15, 0.2) is 48.7 Å². The summed E-state index contributed by atoms with van der Waals surface area (Å²) < 4.78 is 48.8. The molecule has 0 unspecified atom stereocenters. The van der Waals surface area contributed by atoms with E-state index in [0.29, 0.717) is 22.5 Å². The number of halogens is 3. The van der Waals surface area contributed by atoms with Gasteiger partial charge in [-0.3, -0.25) is 4.79 Å². The molecule has 0 saturated carbocycles. The van der Waals surface area contributed by atoms with Crippen LogP contribution in [-0.2, 0) is 6.54 Å². The Kier molecular flexibility index (Phi) is 5.97. The summed E-state index contributed by atoms with van der Waals surface area (Å²) in [6.07, 6.45) is -3.18. The molecule has 0 fully saturated rings. The van der Waals surface area contributed by atoms with Crippen molar-refractivity contribution in [2.75, 3.05) is 12.8 Å². The van der Waals surface area contributed by atoms with Gasteiger partial charge in [0.15, 0.2) is 5.65 Å². The molecule has 1 amide bonds. The molecule has 0 bridgehead atoms. The largest absolute Gasteiger partial charge is 0.573 e. The highest BCUT2D eigenvalue weighted by atomic mass is 19.4. The summed E-state index contributed by atoms with van der Waals surface area (Å²) in [7, 11) is 1.37. The number of anilines is 1. The number of aryl methyl sites for hydroxylation is 1. The van der Waals surface area contributed by atoms with Crippen molar-refractivity contribution in [3.63, 3.8) is 0 Å². The number of carbonyl (C=O) groups is 1. The second-order valence-electron chi connectivity index (χ2n) is 7.20. The van der Waals surface area contributed by atoms with Gasteiger partial charge in [-0.1, -0.05) is 18.2 Å². The number of fused-ring (bicyclic) bond motifs is 1. The normalized spacial score (nSPS) is 11.4. The van der Waals surface area contributed by atoms with Crippen LogP contribution in [0.1, 0.15) is 21.6 Å². The molecule has 4 rings (SSSR count). The maximum Gasteiger partial charge on any atom is 0.573 e. The second kappa shape index (κ2) is 8.89. The number of hydrogen-bond acceptors (Lipinski definition) is 7. The zero-order chi connectivity index (χ0) is 24.5. The minimum Gasteiger partial charge on any atom is -0.480 e. The van der Waals surface area contributed by atoms with E-state index in [2.05, 4.69) is 25.1 Å². The molecule has 0 aliphatic carbocycles. The van der Waals surface area contributed by atoms with E-state index in [1.807, 2.05) is 0 Å². The Bertz CT molecular complexity index is 1370. The van der Waals surface area contributed by atoms with Gasteiger partial charge in [-0.25, -0.2) is 9.50 Å². The van der Waals surface area contributed by atoms with Gasteiger partial charge in [-0.15, -0.1) is 18.3 Å². The first kappa shape index (κ1) is 22.8. The van der Waals surface area contributed by atoms with E-state index in [1.165, 1.54) is 29.8 Å². The molecule has 0 aliphatic heterocycles. The second-order valence-corrected chi connectivity index (χ2v) is 7.20. The number of nitrogens with one attached hydrogen (secondary N) is 1. The summed E-state index contributed by atoms with van der Waals surface area (Å²) in [5.74, 6) is -0.783. The van der Waals surface area contributed by atoms with Crippen molar-refractivity contribution in [1.29, 1.82) is 0 Å². The minimum absolute atomic E-state index is 0.0753. The van der Waals surface area contributed by atoms with E-state index < -0.39 is 18.0 Å². The quantitative estimate of drug-likeness (QED) is 0.441. The highest BCUT2D eigenvalue weighted by Crippen LogP contribution is 2.29. The summed E-state index contributed by atoms with van der Waals surface area (Å²) in [5.41, 5.74) is 8.36. The SMILES string of the molecule is COc1nc(C)c(-c2ccn3nc(N)nc3c2)cc1C(=O)NCc1ccccc1OC(F)(F)F. The highest BCUT2D eigenvalue weighted by molar-refractivity contribution is 5.97. The van der Waals surface area contributed by atoms with E-state index in [1.54, 1.807) is 37.4 Å². The van der Waals surface area contributed by atoms with Gasteiger partial charge in [0.2, 0.25) is 11.8 Å². The van der Waals surface area contributed by atoms with Crippen LogP contribution in [-0.4, -0.2) is 39.0 Å². The summed E-state index contributed by atoms with van der Waals surface area (Å²) in [5, 5.41) is 6.63. The average Bonchev–Trinajstić information content (AvgIpc) is 3.16. The Balaban J connectivity index is 1.63. The fraction of sp³-hybridized carbons (Fsp3) is 0.182. The number of benzene rings is 1. The van der Waals surface area contributed by atoms with Gasteiger partial charge in [-0.05, 0) is 36.8 Å².